The van der Waals surface area contributed by atoms with Crippen LogP contribution in [0.5, 0.6) is 0 Å². The number of rotatable bonds is 7. The summed E-state index contributed by atoms with van der Waals surface area (Å²) in [5.74, 6) is -1.29. The molecule has 4 heteroatoms. The Balaban J connectivity index is 2.22. The van der Waals surface area contributed by atoms with Gasteiger partial charge in [-0.15, -0.1) is 0 Å². The number of amides is 2. The lowest BCUT2D eigenvalue weighted by molar-refractivity contribution is -0.125. The van der Waals surface area contributed by atoms with Crippen LogP contribution in [0.3, 0.4) is 0 Å². The maximum atomic E-state index is 13.3. The van der Waals surface area contributed by atoms with Crippen LogP contribution >= 0.6 is 0 Å². The molecule has 0 aromatic heterocycles. The van der Waals surface area contributed by atoms with Crippen molar-refractivity contribution in [3.63, 3.8) is 0 Å². The molecule has 1 unspecified atom stereocenters. The molecule has 3 nitrogen and oxygen atoms in total. The zero-order valence-electron chi connectivity index (χ0n) is 15.9. The second kappa shape index (κ2) is 9.81. The van der Waals surface area contributed by atoms with Crippen LogP contribution < -0.4 is 5.32 Å². The van der Waals surface area contributed by atoms with E-state index in [2.05, 4.69) is 18.0 Å². The second-order valence-corrected chi connectivity index (χ2v) is 6.78. The number of carbonyl (C=O) groups excluding carboxylic acids is 2. The molecule has 0 saturated carbocycles. The molecule has 1 atom stereocenters. The molecule has 2 amide bonds. The Bertz CT molecular complexity index is 800. The zero-order valence-corrected chi connectivity index (χ0v) is 15.9. The highest BCUT2D eigenvalue weighted by molar-refractivity contribution is 6.25. The predicted molar refractivity (Wildman–Crippen MR) is 107 cm³/mol. The average molecular weight is 367 g/mol. The molecule has 0 saturated heterocycles. The summed E-state index contributed by atoms with van der Waals surface area (Å²) in [5, 5.41) is 2.42. The summed E-state index contributed by atoms with van der Waals surface area (Å²) in [6.07, 6.45) is 11.1. The molecule has 0 spiro atoms. The molecule has 1 aliphatic carbocycles. The third-order valence-corrected chi connectivity index (χ3v) is 4.48. The first-order valence-corrected chi connectivity index (χ1v) is 9.27. The summed E-state index contributed by atoms with van der Waals surface area (Å²) in [4.78, 5) is 25.0. The van der Waals surface area contributed by atoms with Crippen molar-refractivity contribution in [3.8, 4) is 0 Å². The fourth-order valence-corrected chi connectivity index (χ4v) is 2.78. The summed E-state index contributed by atoms with van der Waals surface area (Å²) < 4.78 is 13.3. The highest BCUT2D eigenvalue weighted by Crippen LogP contribution is 2.24. The Morgan fingerprint density at radius 3 is 2.56 bits per heavy atom. The number of hydrogen-bond donors (Lipinski definition) is 1. The molecule has 0 radical (unpaired) electrons. The molecule has 1 aliphatic rings. The topological polar surface area (TPSA) is 46.2 Å². The number of imide groups is 1. The van der Waals surface area contributed by atoms with Gasteiger partial charge in [0.05, 0.1) is 0 Å². The molecule has 0 fully saturated rings. The van der Waals surface area contributed by atoms with E-state index >= 15 is 0 Å². The minimum atomic E-state index is -0.496. The average Bonchev–Trinajstić information content (AvgIpc) is 2.66. The van der Waals surface area contributed by atoms with Crippen molar-refractivity contribution in [2.24, 2.45) is 5.92 Å². The van der Waals surface area contributed by atoms with Gasteiger partial charge >= 0.3 is 0 Å². The van der Waals surface area contributed by atoms with Crippen molar-refractivity contribution in [1.82, 2.24) is 5.32 Å². The first-order chi connectivity index (χ1) is 12.9. The van der Waals surface area contributed by atoms with Gasteiger partial charge in [-0.05, 0) is 49.8 Å². The number of carbonyl (C=O) groups is 2. The van der Waals surface area contributed by atoms with E-state index in [0.29, 0.717) is 23.1 Å². The molecule has 1 N–H and O–H groups in total. The Kier molecular flexibility index (Phi) is 7.47. The van der Waals surface area contributed by atoms with Crippen LogP contribution in [0.25, 0.3) is 5.57 Å². The summed E-state index contributed by atoms with van der Waals surface area (Å²) >= 11 is 0. The molecule has 0 aliphatic heterocycles. The lowest BCUT2D eigenvalue weighted by atomic mass is 9.92. The Morgan fingerprint density at radius 2 is 1.96 bits per heavy atom. The van der Waals surface area contributed by atoms with Crippen molar-refractivity contribution in [1.29, 1.82) is 0 Å². The summed E-state index contributed by atoms with van der Waals surface area (Å²) in [6, 6.07) is 5.70. The van der Waals surface area contributed by atoms with Crippen LogP contribution in [0, 0.1) is 11.7 Å². The Morgan fingerprint density at radius 1 is 1.26 bits per heavy atom. The van der Waals surface area contributed by atoms with Crippen LogP contribution in [0.15, 0.2) is 66.3 Å². The highest BCUT2D eigenvalue weighted by atomic mass is 19.1. The fraction of sp³-hybridized carbons (Fsp3) is 0.304. The fourth-order valence-electron chi connectivity index (χ4n) is 2.78. The van der Waals surface area contributed by atoms with Crippen LogP contribution in [0.4, 0.5) is 4.39 Å². The molecule has 0 bridgehead atoms. The smallest absolute Gasteiger partial charge is 0.258 e. The minimum absolute atomic E-state index is 0.0397. The number of halogens is 1. The molecule has 2 rings (SSSR count). The lowest BCUT2D eigenvalue weighted by Crippen LogP contribution is -2.32. The van der Waals surface area contributed by atoms with E-state index in [-0.39, 0.29) is 11.7 Å². The molecule has 27 heavy (non-hydrogen) atoms. The first-order valence-electron chi connectivity index (χ1n) is 9.27. The summed E-state index contributed by atoms with van der Waals surface area (Å²) in [7, 11) is 0. The first kappa shape index (κ1) is 20.6. The highest BCUT2D eigenvalue weighted by Gasteiger charge is 2.18. The maximum Gasteiger partial charge on any atom is 0.258 e. The van der Waals surface area contributed by atoms with Crippen LogP contribution in [0.2, 0.25) is 0 Å². The SMILES string of the molecule is C=C(CCCC)C(=O)NC(=O)/C(=C/C1C=CC(C)=CC1)c1ccc(F)cc1. The van der Waals surface area contributed by atoms with E-state index < -0.39 is 11.8 Å². The Hall–Kier alpha value is -2.75. The number of allylic oxidation sites excluding steroid dienone is 5. The van der Waals surface area contributed by atoms with Crippen LogP contribution in [0.1, 0.15) is 45.1 Å². The standard InChI is InChI=1S/C23H26FNO2/c1-4-5-6-17(3)22(26)25-23(27)21(19-11-13-20(24)14-12-19)15-18-9-7-16(2)8-10-18/h7-9,11-15,18H,3-6,10H2,1-2H3,(H,25,26,27)/b21-15+. The number of hydrogen-bond acceptors (Lipinski definition) is 2. The molecule has 0 heterocycles. The quantitative estimate of drug-likeness (QED) is 0.680. The van der Waals surface area contributed by atoms with E-state index in [9.17, 15) is 14.0 Å². The Labute approximate surface area is 160 Å². The largest absolute Gasteiger partial charge is 0.288 e. The van der Waals surface area contributed by atoms with Gasteiger partial charge in [0.2, 0.25) is 0 Å². The van der Waals surface area contributed by atoms with E-state index in [0.717, 1.165) is 19.3 Å². The van der Waals surface area contributed by atoms with Crippen molar-refractivity contribution in [2.45, 2.75) is 39.5 Å². The van der Waals surface area contributed by atoms with Gasteiger partial charge in [-0.25, -0.2) is 4.39 Å². The molecular formula is C23H26FNO2. The van der Waals surface area contributed by atoms with Gasteiger partial charge < -0.3 is 0 Å². The second-order valence-electron chi connectivity index (χ2n) is 6.78. The predicted octanol–water partition coefficient (Wildman–Crippen LogP) is 5.12. The van der Waals surface area contributed by atoms with E-state index in [4.69, 9.17) is 0 Å². The van der Waals surface area contributed by atoms with Crippen molar-refractivity contribution >= 4 is 17.4 Å². The van der Waals surface area contributed by atoms with Crippen LogP contribution in [-0.2, 0) is 9.59 Å². The summed E-state index contributed by atoms with van der Waals surface area (Å²) in [6.45, 7) is 7.81. The van der Waals surface area contributed by atoms with E-state index in [1.807, 2.05) is 32.1 Å². The van der Waals surface area contributed by atoms with Gasteiger partial charge in [-0.3, -0.25) is 14.9 Å². The normalized spacial score (nSPS) is 16.6. The zero-order chi connectivity index (χ0) is 19.8. The summed E-state index contributed by atoms with van der Waals surface area (Å²) in [5.41, 5.74) is 2.49. The van der Waals surface area contributed by atoms with Crippen molar-refractivity contribution in [2.75, 3.05) is 0 Å². The van der Waals surface area contributed by atoms with E-state index in [1.165, 1.54) is 17.7 Å². The maximum absolute atomic E-state index is 13.3. The monoisotopic (exact) mass is 367 g/mol. The molecule has 1 aromatic rings. The molecular weight excluding hydrogens is 341 g/mol. The third kappa shape index (κ3) is 6.17. The van der Waals surface area contributed by atoms with E-state index in [1.54, 1.807) is 12.1 Å². The molecule has 1 aromatic carbocycles. The van der Waals surface area contributed by atoms with Crippen LogP contribution in [-0.4, -0.2) is 11.8 Å². The van der Waals surface area contributed by atoms with Gasteiger partial charge in [-0.2, -0.15) is 0 Å². The third-order valence-electron chi connectivity index (χ3n) is 4.48. The number of nitrogens with one attached hydrogen (secondary N) is 1. The van der Waals surface area contributed by atoms with Crippen molar-refractivity contribution < 1.29 is 14.0 Å². The van der Waals surface area contributed by atoms with Gasteiger partial charge in [0.15, 0.2) is 0 Å². The number of unbranched alkanes of at least 4 members (excludes halogenated alkanes) is 1. The number of benzene rings is 1. The minimum Gasteiger partial charge on any atom is -0.288 e. The molecule has 142 valence electrons. The van der Waals surface area contributed by atoms with Gasteiger partial charge in [0.1, 0.15) is 5.82 Å². The van der Waals surface area contributed by atoms with Crippen molar-refractivity contribution in [3.05, 3.63) is 77.7 Å². The van der Waals surface area contributed by atoms with Gasteiger partial charge in [0, 0.05) is 11.1 Å². The van der Waals surface area contributed by atoms with Gasteiger partial charge in [0.25, 0.3) is 11.8 Å². The lowest BCUT2D eigenvalue weighted by Gasteiger charge is -2.15. The van der Waals surface area contributed by atoms with Gasteiger partial charge in [-0.1, -0.05) is 61.9 Å².